The van der Waals surface area contributed by atoms with Gasteiger partial charge in [0.2, 0.25) is 0 Å². The summed E-state index contributed by atoms with van der Waals surface area (Å²) in [7, 11) is 0. The molecular weight excluding hydrogens is 406 g/mol. The Morgan fingerprint density at radius 2 is 1.97 bits per heavy atom. The van der Waals surface area contributed by atoms with Crippen molar-refractivity contribution in [1.29, 1.82) is 0 Å². The molecule has 7 heteroatoms. The summed E-state index contributed by atoms with van der Waals surface area (Å²) in [6, 6.07) is 11.0. The molecule has 2 aliphatic rings. The topological polar surface area (TPSA) is 57.3 Å². The molecule has 1 aromatic carbocycles. The van der Waals surface area contributed by atoms with Crippen molar-refractivity contribution < 1.29 is 4.74 Å². The van der Waals surface area contributed by atoms with Gasteiger partial charge < -0.3 is 14.6 Å². The fraction of sp³-hybridized carbons (Fsp3) is 0.417. The number of pyridine rings is 1. The second-order valence-electron chi connectivity index (χ2n) is 8.68. The van der Waals surface area contributed by atoms with Crippen LogP contribution in [0.2, 0.25) is 0 Å². The summed E-state index contributed by atoms with van der Waals surface area (Å²) >= 11 is 1.52. The highest BCUT2D eigenvalue weighted by Crippen LogP contribution is 2.32. The number of aromatic nitrogens is 3. The Hall–Kier alpha value is -2.48. The number of piperidine rings is 1. The fourth-order valence-corrected chi connectivity index (χ4v) is 5.84. The van der Waals surface area contributed by atoms with Crippen LogP contribution in [0.4, 0.5) is 0 Å². The molecule has 0 aliphatic carbocycles. The van der Waals surface area contributed by atoms with E-state index in [1.54, 1.807) is 6.20 Å². The van der Waals surface area contributed by atoms with Gasteiger partial charge in [-0.25, -0.2) is 4.98 Å². The first kappa shape index (κ1) is 19.2. The van der Waals surface area contributed by atoms with Crippen LogP contribution in [0.25, 0.3) is 21.3 Å². The zero-order chi connectivity index (χ0) is 20.6. The molecular formula is C24H27N5OS. The van der Waals surface area contributed by atoms with Crippen LogP contribution in [0.15, 0.2) is 42.7 Å². The summed E-state index contributed by atoms with van der Waals surface area (Å²) in [5, 5.41) is 1.90. The number of nitrogens with zero attached hydrogens (tertiary/aromatic N) is 4. The third-order valence-corrected chi connectivity index (χ3v) is 7.59. The van der Waals surface area contributed by atoms with Crippen LogP contribution in [-0.2, 0) is 6.54 Å². The number of thiazole rings is 1. The molecule has 0 saturated carbocycles. The number of aromatic amines is 1. The highest BCUT2D eigenvalue weighted by Gasteiger charge is 2.26. The van der Waals surface area contributed by atoms with E-state index in [1.165, 1.54) is 74.1 Å². The minimum atomic E-state index is 0.626. The number of hydrogen-bond acceptors (Lipinski definition) is 6. The molecule has 1 N–H and O–H groups in total. The molecule has 0 spiro atoms. The molecule has 5 heterocycles. The van der Waals surface area contributed by atoms with Crippen molar-refractivity contribution in [3.63, 3.8) is 0 Å². The Kier molecular flexibility index (Phi) is 5.10. The van der Waals surface area contributed by atoms with Gasteiger partial charge in [-0.3, -0.25) is 4.90 Å². The Balaban J connectivity index is 1.13. The van der Waals surface area contributed by atoms with Gasteiger partial charge in [-0.05, 0) is 81.7 Å². The lowest BCUT2D eigenvalue weighted by molar-refractivity contribution is 0.123. The molecule has 2 saturated heterocycles. The Morgan fingerprint density at radius 3 is 2.81 bits per heavy atom. The highest BCUT2D eigenvalue weighted by molar-refractivity contribution is 7.20. The van der Waals surface area contributed by atoms with E-state index in [2.05, 4.69) is 43.1 Å². The van der Waals surface area contributed by atoms with Crippen LogP contribution < -0.4 is 4.74 Å². The number of benzene rings is 1. The molecule has 0 atom stereocenters. The number of H-pyrrole nitrogens is 1. The zero-order valence-corrected chi connectivity index (χ0v) is 18.4. The predicted molar refractivity (Wildman–Crippen MR) is 125 cm³/mol. The maximum atomic E-state index is 6.02. The maximum absolute atomic E-state index is 6.02. The summed E-state index contributed by atoms with van der Waals surface area (Å²) < 4.78 is 7.06. The third kappa shape index (κ3) is 3.93. The Bertz CT molecular complexity index is 1150. The van der Waals surface area contributed by atoms with Gasteiger partial charge in [0.05, 0.1) is 4.70 Å². The molecule has 2 fully saturated rings. The molecule has 0 amide bonds. The SMILES string of the molecule is c1cnc2nc(Oc3ccc4c(CN5CCC(N6CCCC6)CC5)c[nH]c4c3)sc2c1. The maximum Gasteiger partial charge on any atom is 0.281 e. The van der Waals surface area contributed by atoms with Crippen LogP contribution in [0, 0.1) is 0 Å². The van der Waals surface area contributed by atoms with E-state index in [-0.39, 0.29) is 0 Å². The number of rotatable bonds is 5. The second kappa shape index (κ2) is 8.22. The largest absolute Gasteiger partial charge is 0.431 e. The third-order valence-electron chi connectivity index (χ3n) is 6.70. The highest BCUT2D eigenvalue weighted by atomic mass is 32.1. The molecule has 6 rings (SSSR count). The number of likely N-dealkylation sites (tertiary alicyclic amines) is 2. The normalized spacial score (nSPS) is 19.0. The number of ether oxygens (including phenoxy) is 1. The van der Waals surface area contributed by atoms with Crippen LogP contribution >= 0.6 is 11.3 Å². The number of hydrogen-bond donors (Lipinski definition) is 1. The summed E-state index contributed by atoms with van der Waals surface area (Å²) in [5.74, 6) is 0.798. The zero-order valence-electron chi connectivity index (χ0n) is 17.6. The molecule has 0 radical (unpaired) electrons. The molecule has 2 aliphatic heterocycles. The molecule has 0 bridgehead atoms. The number of fused-ring (bicyclic) bond motifs is 2. The van der Waals surface area contributed by atoms with Gasteiger partial charge >= 0.3 is 0 Å². The quantitative estimate of drug-likeness (QED) is 0.479. The average molecular weight is 434 g/mol. The van der Waals surface area contributed by atoms with Crippen molar-refractivity contribution in [2.24, 2.45) is 0 Å². The smallest absolute Gasteiger partial charge is 0.281 e. The molecule has 160 valence electrons. The monoisotopic (exact) mass is 433 g/mol. The van der Waals surface area contributed by atoms with E-state index >= 15 is 0 Å². The molecule has 6 nitrogen and oxygen atoms in total. The minimum absolute atomic E-state index is 0.626. The van der Waals surface area contributed by atoms with Gasteiger partial charge in [-0.1, -0.05) is 11.3 Å². The Morgan fingerprint density at radius 1 is 1.10 bits per heavy atom. The minimum Gasteiger partial charge on any atom is -0.431 e. The van der Waals surface area contributed by atoms with Crippen LogP contribution in [0.3, 0.4) is 0 Å². The number of nitrogens with one attached hydrogen (secondary N) is 1. The average Bonchev–Trinajstić information content (AvgIpc) is 3.54. The van der Waals surface area contributed by atoms with Gasteiger partial charge in [0.15, 0.2) is 5.65 Å². The van der Waals surface area contributed by atoms with Gasteiger partial charge in [0, 0.05) is 41.9 Å². The summed E-state index contributed by atoms with van der Waals surface area (Å²) in [4.78, 5) is 17.5. The van der Waals surface area contributed by atoms with Crippen molar-refractivity contribution in [1.82, 2.24) is 24.8 Å². The first-order valence-electron chi connectivity index (χ1n) is 11.3. The van der Waals surface area contributed by atoms with Crippen molar-refractivity contribution in [2.75, 3.05) is 26.2 Å². The van der Waals surface area contributed by atoms with Crippen molar-refractivity contribution in [3.8, 4) is 10.9 Å². The van der Waals surface area contributed by atoms with Crippen LogP contribution in [-0.4, -0.2) is 57.0 Å². The van der Waals surface area contributed by atoms with Gasteiger partial charge in [-0.2, -0.15) is 4.98 Å². The lowest BCUT2D eigenvalue weighted by Crippen LogP contribution is -2.43. The van der Waals surface area contributed by atoms with Gasteiger partial charge in [0.25, 0.3) is 5.19 Å². The van der Waals surface area contributed by atoms with Crippen molar-refractivity contribution >= 4 is 32.6 Å². The summed E-state index contributed by atoms with van der Waals surface area (Å²) in [5.41, 5.74) is 3.21. The molecule has 31 heavy (non-hydrogen) atoms. The van der Waals surface area contributed by atoms with E-state index in [0.29, 0.717) is 5.19 Å². The van der Waals surface area contributed by atoms with Crippen molar-refractivity contribution in [2.45, 2.75) is 38.3 Å². The van der Waals surface area contributed by atoms with E-state index in [4.69, 9.17) is 4.74 Å². The van der Waals surface area contributed by atoms with E-state index < -0.39 is 0 Å². The lowest BCUT2D eigenvalue weighted by Gasteiger charge is -2.36. The Labute approximate surface area is 185 Å². The first-order chi connectivity index (χ1) is 15.3. The molecule has 3 aromatic heterocycles. The summed E-state index contributed by atoms with van der Waals surface area (Å²) in [6.07, 6.45) is 9.29. The van der Waals surface area contributed by atoms with Crippen molar-refractivity contribution in [3.05, 3.63) is 48.3 Å². The predicted octanol–water partition coefficient (Wildman–Crippen LogP) is 5.03. The summed E-state index contributed by atoms with van der Waals surface area (Å²) in [6.45, 7) is 6.02. The molecule has 0 unspecified atom stereocenters. The van der Waals surface area contributed by atoms with Gasteiger partial charge in [-0.15, -0.1) is 0 Å². The van der Waals surface area contributed by atoms with Gasteiger partial charge in [0.1, 0.15) is 5.75 Å². The van der Waals surface area contributed by atoms with E-state index in [9.17, 15) is 0 Å². The lowest BCUT2D eigenvalue weighted by atomic mass is 10.0. The molecule has 4 aromatic rings. The first-order valence-corrected chi connectivity index (χ1v) is 12.1. The van der Waals surface area contributed by atoms with Crippen LogP contribution in [0.1, 0.15) is 31.2 Å². The standard InChI is InChI=1S/C24H27N5OS/c1-2-11-29(10-1)18-7-12-28(13-8-18)16-17-15-26-21-14-19(5-6-20(17)21)30-24-27-23-22(31-24)4-3-9-25-23/h3-6,9,14-15,18,26H,1-2,7-8,10-13,16H2. The van der Waals surface area contributed by atoms with Crippen LogP contribution in [0.5, 0.6) is 10.9 Å². The fourth-order valence-electron chi connectivity index (χ4n) is 5.04. The van der Waals surface area contributed by atoms with E-state index in [1.807, 2.05) is 18.2 Å². The van der Waals surface area contributed by atoms with E-state index in [0.717, 1.165) is 34.2 Å². The second-order valence-corrected chi connectivity index (χ2v) is 9.67.